The summed E-state index contributed by atoms with van der Waals surface area (Å²) in [6.07, 6.45) is 4.32. The van der Waals surface area contributed by atoms with Gasteiger partial charge in [0.2, 0.25) is 0 Å². The van der Waals surface area contributed by atoms with Crippen molar-refractivity contribution in [2.75, 3.05) is 14.1 Å². The van der Waals surface area contributed by atoms with Gasteiger partial charge in [-0.2, -0.15) is 0 Å². The third kappa shape index (κ3) is 3.76. The van der Waals surface area contributed by atoms with Crippen molar-refractivity contribution >= 4 is 24.1 Å². The van der Waals surface area contributed by atoms with Crippen molar-refractivity contribution in [2.45, 2.75) is 4.90 Å². The molecule has 1 nitrogen and oxygen atoms in total. The molecule has 2 aromatic rings. The van der Waals surface area contributed by atoms with Gasteiger partial charge >= 0.3 is 0 Å². The van der Waals surface area contributed by atoms with Crippen molar-refractivity contribution in [3.8, 4) is 0 Å². The van der Waals surface area contributed by atoms with Crippen molar-refractivity contribution in [1.29, 1.82) is 0 Å². The molecule has 0 bridgehead atoms. The van der Waals surface area contributed by atoms with E-state index in [0.29, 0.717) is 0 Å². The van der Waals surface area contributed by atoms with Gasteiger partial charge in [0.15, 0.2) is 0 Å². The van der Waals surface area contributed by atoms with Gasteiger partial charge in [0.1, 0.15) is 0 Å². The highest BCUT2D eigenvalue weighted by atomic mass is 32.2. The van der Waals surface area contributed by atoms with Gasteiger partial charge in [0.05, 0.1) is 0 Å². The molecule has 2 heteroatoms. The van der Waals surface area contributed by atoms with Gasteiger partial charge in [0.25, 0.3) is 0 Å². The summed E-state index contributed by atoms with van der Waals surface area (Å²) < 4.78 is 2.11. The van der Waals surface area contributed by atoms with Crippen molar-refractivity contribution in [3.63, 3.8) is 0 Å². The average Bonchev–Trinajstić information content (AvgIpc) is 2.38. The SMILES string of the molecule is CN(C)Sc1ccccc1/C=C/c1ccccc1. The predicted octanol–water partition coefficient (Wildman–Crippen LogP) is 4.43. The first-order valence-electron chi connectivity index (χ1n) is 5.93. The zero-order valence-electron chi connectivity index (χ0n) is 10.7. The van der Waals surface area contributed by atoms with Crippen LogP contribution in [-0.2, 0) is 0 Å². The topological polar surface area (TPSA) is 3.24 Å². The third-order valence-electron chi connectivity index (χ3n) is 2.45. The van der Waals surface area contributed by atoms with Crippen LogP contribution in [0.2, 0.25) is 0 Å². The first-order valence-corrected chi connectivity index (χ1v) is 6.70. The first kappa shape index (κ1) is 12.9. The van der Waals surface area contributed by atoms with Gasteiger partial charge in [0, 0.05) is 4.90 Å². The number of hydrogen-bond acceptors (Lipinski definition) is 2. The molecular weight excluding hydrogens is 238 g/mol. The summed E-state index contributed by atoms with van der Waals surface area (Å²) in [6, 6.07) is 18.8. The van der Waals surface area contributed by atoms with Gasteiger partial charge in [-0.25, -0.2) is 0 Å². The number of rotatable bonds is 4. The van der Waals surface area contributed by atoms with Gasteiger partial charge in [-0.15, -0.1) is 0 Å². The van der Waals surface area contributed by atoms with E-state index in [-0.39, 0.29) is 0 Å². The Labute approximate surface area is 113 Å². The van der Waals surface area contributed by atoms with Crippen molar-refractivity contribution in [2.24, 2.45) is 0 Å². The highest BCUT2D eigenvalue weighted by Crippen LogP contribution is 2.25. The van der Waals surface area contributed by atoms with Crippen LogP contribution in [0, 0.1) is 0 Å². The van der Waals surface area contributed by atoms with Gasteiger partial charge in [-0.05, 0) is 43.2 Å². The lowest BCUT2D eigenvalue weighted by molar-refractivity contribution is 0.702. The molecule has 0 saturated heterocycles. The molecule has 0 amide bonds. The van der Waals surface area contributed by atoms with E-state index in [1.54, 1.807) is 11.9 Å². The van der Waals surface area contributed by atoms with E-state index >= 15 is 0 Å². The van der Waals surface area contributed by atoms with E-state index in [2.05, 4.69) is 79.1 Å². The molecule has 0 atom stereocenters. The summed E-state index contributed by atoms with van der Waals surface area (Å²) in [7, 11) is 4.12. The Balaban J connectivity index is 2.21. The van der Waals surface area contributed by atoms with E-state index in [4.69, 9.17) is 0 Å². The molecule has 2 aromatic carbocycles. The van der Waals surface area contributed by atoms with Crippen molar-refractivity contribution in [3.05, 3.63) is 65.7 Å². The molecule has 92 valence electrons. The molecule has 0 unspecified atom stereocenters. The molecule has 0 saturated carbocycles. The molecule has 0 radical (unpaired) electrons. The Kier molecular flexibility index (Phi) is 4.62. The molecule has 0 spiro atoms. The fourth-order valence-electron chi connectivity index (χ4n) is 1.65. The normalized spacial score (nSPS) is 11.3. The first-order chi connectivity index (χ1) is 8.75. The Morgan fingerprint density at radius 3 is 2.22 bits per heavy atom. The Morgan fingerprint density at radius 1 is 0.833 bits per heavy atom. The van der Waals surface area contributed by atoms with Crippen LogP contribution in [0.5, 0.6) is 0 Å². The summed E-state index contributed by atoms with van der Waals surface area (Å²) in [5, 5.41) is 0. The smallest absolute Gasteiger partial charge is 0.0302 e. The van der Waals surface area contributed by atoms with Gasteiger partial charge < -0.3 is 0 Å². The second-order valence-electron chi connectivity index (χ2n) is 4.19. The molecule has 0 aromatic heterocycles. The average molecular weight is 255 g/mol. The summed E-state index contributed by atoms with van der Waals surface area (Å²) in [5.74, 6) is 0. The maximum Gasteiger partial charge on any atom is 0.0302 e. The monoisotopic (exact) mass is 255 g/mol. The lowest BCUT2D eigenvalue weighted by Gasteiger charge is -2.10. The fourth-order valence-corrected chi connectivity index (χ4v) is 2.42. The van der Waals surface area contributed by atoms with E-state index in [1.165, 1.54) is 16.0 Å². The number of nitrogens with zero attached hydrogens (tertiary/aromatic N) is 1. The molecule has 0 heterocycles. The van der Waals surface area contributed by atoms with Gasteiger partial charge in [-0.1, -0.05) is 60.7 Å². The molecular formula is C16H17NS. The largest absolute Gasteiger partial charge is 0.253 e. The Bertz CT molecular complexity index is 518. The number of benzene rings is 2. The Morgan fingerprint density at radius 2 is 1.50 bits per heavy atom. The van der Waals surface area contributed by atoms with Crippen LogP contribution in [0.15, 0.2) is 59.5 Å². The van der Waals surface area contributed by atoms with Crippen LogP contribution in [0.3, 0.4) is 0 Å². The van der Waals surface area contributed by atoms with Crippen LogP contribution >= 0.6 is 11.9 Å². The van der Waals surface area contributed by atoms with Crippen LogP contribution < -0.4 is 0 Å². The second kappa shape index (κ2) is 6.43. The minimum Gasteiger partial charge on any atom is -0.253 e. The predicted molar refractivity (Wildman–Crippen MR) is 81.4 cm³/mol. The maximum atomic E-state index is 2.17. The molecule has 0 aliphatic rings. The van der Waals surface area contributed by atoms with E-state index < -0.39 is 0 Å². The molecule has 0 fully saturated rings. The molecule has 0 aliphatic heterocycles. The standard InChI is InChI=1S/C16H17NS/c1-17(2)18-16-11-7-6-10-15(16)13-12-14-8-4-3-5-9-14/h3-13H,1-2H3/b13-12+. The number of hydrogen-bond donors (Lipinski definition) is 0. The van der Waals surface area contributed by atoms with Crippen molar-refractivity contribution < 1.29 is 0 Å². The van der Waals surface area contributed by atoms with E-state index in [0.717, 1.165) is 0 Å². The molecule has 18 heavy (non-hydrogen) atoms. The molecule has 0 aliphatic carbocycles. The van der Waals surface area contributed by atoms with E-state index in [1.807, 2.05) is 6.07 Å². The summed E-state index contributed by atoms with van der Waals surface area (Å²) in [4.78, 5) is 1.27. The summed E-state index contributed by atoms with van der Waals surface area (Å²) in [6.45, 7) is 0. The van der Waals surface area contributed by atoms with Crippen LogP contribution in [0.25, 0.3) is 12.2 Å². The second-order valence-corrected chi connectivity index (χ2v) is 5.54. The third-order valence-corrected chi connectivity index (χ3v) is 3.39. The highest BCUT2D eigenvalue weighted by molar-refractivity contribution is 7.97. The molecule has 2 rings (SSSR count). The minimum absolute atomic E-state index is 1.22. The molecule has 0 N–H and O–H groups in total. The lowest BCUT2D eigenvalue weighted by Crippen LogP contribution is -1.99. The zero-order chi connectivity index (χ0) is 12.8. The quantitative estimate of drug-likeness (QED) is 0.587. The summed E-state index contributed by atoms with van der Waals surface area (Å²) in [5.41, 5.74) is 2.47. The summed E-state index contributed by atoms with van der Waals surface area (Å²) >= 11 is 1.74. The van der Waals surface area contributed by atoms with Crippen LogP contribution in [-0.4, -0.2) is 18.4 Å². The van der Waals surface area contributed by atoms with Crippen molar-refractivity contribution in [1.82, 2.24) is 4.31 Å². The van der Waals surface area contributed by atoms with Gasteiger partial charge in [-0.3, -0.25) is 4.31 Å². The van der Waals surface area contributed by atoms with Crippen LogP contribution in [0.4, 0.5) is 0 Å². The highest BCUT2D eigenvalue weighted by Gasteiger charge is 2.00. The fraction of sp³-hybridized carbons (Fsp3) is 0.125. The maximum absolute atomic E-state index is 2.17. The zero-order valence-corrected chi connectivity index (χ0v) is 11.5. The van der Waals surface area contributed by atoms with E-state index in [9.17, 15) is 0 Å². The Hall–Kier alpha value is -1.51. The lowest BCUT2D eigenvalue weighted by atomic mass is 10.1. The minimum atomic E-state index is 1.22. The van der Waals surface area contributed by atoms with Crippen LogP contribution in [0.1, 0.15) is 11.1 Å².